The van der Waals surface area contributed by atoms with Gasteiger partial charge in [0.25, 0.3) is 5.91 Å². The predicted molar refractivity (Wildman–Crippen MR) is 72.9 cm³/mol. The molecule has 0 bridgehead atoms. The van der Waals surface area contributed by atoms with Gasteiger partial charge in [0, 0.05) is 18.9 Å². The molecule has 4 N–H and O–H groups in total. The minimum Gasteiger partial charge on any atom is -0.364 e. The molecule has 0 aliphatic rings. The van der Waals surface area contributed by atoms with E-state index in [2.05, 4.69) is 20.6 Å². The quantitative estimate of drug-likeness (QED) is 0.767. The van der Waals surface area contributed by atoms with Crippen LogP contribution in [0, 0.1) is 0 Å². The number of nitrogens with two attached hydrogens (primary N) is 1. The molecule has 0 spiro atoms. The van der Waals surface area contributed by atoms with E-state index in [-0.39, 0.29) is 11.7 Å². The third-order valence-electron chi connectivity index (χ3n) is 2.48. The number of urea groups is 1. The van der Waals surface area contributed by atoms with Gasteiger partial charge in [0.2, 0.25) is 0 Å². The smallest absolute Gasteiger partial charge is 0.319 e. The van der Waals surface area contributed by atoms with E-state index in [9.17, 15) is 9.59 Å². The molecule has 0 fully saturated rings. The number of carbonyl (C=O) groups excluding carboxylic acids is 2. The lowest BCUT2D eigenvalue weighted by atomic mass is 10.3. The van der Waals surface area contributed by atoms with Crippen LogP contribution < -0.4 is 16.4 Å². The third-order valence-corrected chi connectivity index (χ3v) is 2.48. The number of hydrogen-bond donors (Lipinski definition) is 3. The van der Waals surface area contributed by atoms with Crippen molar-refractivity contribution >= 4 is 17.6 Å². The zero-order valence-corrected chi connectivity index (χ0v) is 10.5. The molecule has 7 nitrogen and oxygen atoms in total. The Balaban J connectivity index is 1.86. The normalized spacial score (nSPS) is 9.80. The average Bonchev–Trinajstić information content (AvgIpc) is 2.47. The van der Waals surface area contributed by atoms with E-state index in [1.54, 1.807) is 18.5 Å². The standard InChI is InChI=1S/C13H13N5O2/c14-12(19)11-2-1-10(8-16-11)18-13(20)17-7-9-3-5-15-6-4-9/h1-6,8H,7H2,(H2,14,19)(H2,17,18,20). The lowest BCUT2D eigenvalue weighted by Gasteiger charge is -2.07. The van der Waals surface area contributed by atoms with Gasteiger partial charge in [-0.15, -0.1) is 0 Å². The van der Waals surface area contributed by atoms with Crippen molar-refractivity contribution in [2.75, 3.05) is 5.32 Å². The summed E-state index contributed by atoms with van der Waals surface area (Å²) in [7, 11) is 0. The SMILES string of the molecule is NC(=O)c1ccc(NC(=O)NCc2ccncc2)cn1. The summed E-state index contributed by atoms with van der Waals surface area (Å²) in [6.07, 6.45) is 4.68. The largest absolute Gasteiger partial charge is 0.364 e. The number of hydrogen-bond acceptors (Lipinski definition) is 4. The summed E-state index contributed by atoms with van der Waals surface area (Å²) in [5.41, 5.74) is 6.63. The molecule has 2 heterocycles. The highest BCUT2D eigenvalue weighted by Crippen LogP contribution is 2.05. The van der Waals surface area contributed by atoms with Gasteiger partial charge in [-0.25, -0.2) is 9.78 Å². The number of amides is 3. The molecule has 0 aliphatic carbocycles. The van der Waals surface area contributed by atoms with Crippen molar-refractivity contribution in [1.29, 1.82) is 0 Å². The fourth-order valence-electron chi connectivity index (χ4n) is 1.47. The fourth-order valence-corrected chi connectivity index (χ4v) is 1.47. The van der Waals surface area contributed by atoms with Crippen LogP contribution in [-0.4, -0.2) is 21.9 Å². The molecule has 102 valence electrons. The number of nitrogens with zero attached hydrogens (tertiary/aromatic N) is 2. The molecule has 2 aromatic heterocycles. The number of carbonyl (C=O) groups is 2. The van der Waals surface area contributed by atoms with Crippen LogP contribution in [0.2, 0.25) is 0 Å². The summed E-state index contributed by atoms with van der Waals surface area (Å²) in [5, 5.41) is 5.29. The van der Waals surface area contributed by atoms with E-state index in [0.717, 1.165) is 5.56 Å². The summed E-state index contributed by atoms with van der Waals surface area (Å²) >= 11 is 0. The van der Waals surface area contributed by atoms with Crippen molar-refractivity contribution in [3.8, 4) is 0 Å². The Morgan fingerprint density at radius 3 is 2.50 bits per heavy atom. The van der Waals surface area contributed by atoms with Crippen LogP contribution >= 0.6 is 0 Å². The van der Waals surface area contributed by atoms with Crippen LogP contribution in [0.3, 0.4) is 0 Å². The molecule has 0 aliphatic heterocycles. The van der Waals surface area contributed by atoms with Crippen molar-refractivity contribution in [2.24, 2.45) is 5.73 Å². The molecular formula is C13H13N5O2. The first-order valence-corrected chi connectivity index (χ1v) is 5.85. The second-order valence-corrected chi connectivity index (χ2v) is 3.96. The number of pyridine rings is 2. The highest BCUT2D eigenvalue weighted by Gasteiger charge is 2.04. The predicted octanol–water partition coefficient (Wildman–Crippen LogP) is 0.897. The molecule has 2 rings (SSSR count). The van der Waals surface area contributed by atoms with Crippen LogP contribution in [-0.2, 0) is 6.54 Å². The molecule has 3 amide bonds. The summed E-state index contributed by atoms with van der Waals surface area (Å²) in [5.74, 6) is -0.612. The minimum atomic E-state index is -0.612. The van der Waals surface area contributed by atoms with Crippen molar-refractivity contribution in [2.45, 2.75) is 6.54 Å². The van der Waals surface area contributed by atoms with Crippen molar-refractivity contribution < 1.29 is 9.59 Å². The molecule has 0 saturated heterocycles. The van der Waals surface area contributed by atoms with E-state index in [0.29, 0.717) is 12.2 Å². The zero-order valence-electron chi connectivity index (χ0n) is 10.5. The van der Waals surface area contributed by atoms with E-state index in [4.69, 9.17) is 5.73 Å². The van der Waals surface area contributed by atoms with Crippen molar-refractivity contribution in [1.82, 2.24) is 15.3 Å². The van der Waals surface area contributed by atoms with Gasteiger partial charge in [0.05, 0.1) is 11.9 Å². The van der Waals surface area contributed by atoms with Gasteiger partial charge in [-0.1, -0.05) is 0 Å². The van der Waals surface area contributed by atoms with Crippen molar-refractivity contribution in [3.63, 3.8) is 0 Å². The Morgan fingerprint density at radius 2 is 1.90 bits per heavy atom. The molecule has 0 unspecified atom stereocenters. The molecule has 0 aromatic carbocycles. The van der Waals surface area contributed by atoms with Crippen LogP contribution in [0.4, 0.5) is 10.5 Å². The summed E-state index contributed by atoms with van der Waals surface area (Å²) in [6, 6.07) is 6.25. The molecule has 0 saturated carbocycles. The zero-order chi connectivity index (χ0) is 14.4. The number of primary amides is 1. The summed E-state index contributed by atoms with van der Waals surface area (Å²) in [4.78, 5) is 30.2. The molecular weight excluding hydrogens is 258 g/mol. The van der Waals surface area contributed by atoms with Gasteiger partial charge in [-0.3, -0.25) is 9.78 Å². The number of rotatable bonds is 4. The topological polar surface area (TPSA) is 110 Å². The van der Waals surface area contributed by atoms with Crippen LogP contribution in [0.5, 0.6) is 0 Å². The van der Waals surface area contributed by atoms with Gasteiger partial charge in [0.1, 0.15) is 5.69 Å². The van der Waals surface area contributed by atoms with E-state index >= 15 is 0 Å². The number of nitrogens with one attached hydrogen (secondary N) is 2. The molecule has 0 atom stereocenters. The number of anilines is 1. The van der Waals surface area contributed by atoms with E-state index in [1.165, 1.54) is 12.3 Å². The Labute approximate surface area is 115 Å². The Bertz CT molecular complexity index is 598. The monoisotopic (exact) mass is 271 g/mol. The second-order valence-electron chi connectivity index (χ2n) is 3.96. The van der Waals surface area contributed by atoms with Gasteiger partial charge < -0.3 is 16.4 Å². The van der Waals surface area contributed by atoms with Gasteiger partial charge >= 0.3 is 6.03 Å². The molecule has 2 aromatic rings. The fraction of sp³-hybridized carbons (Fsp3) is 0.0769. The summed E-state index contributed by atoms with van der Waals surface area (Å²) < 4.78 is 0. The lowest BCUT2D eigenvalue weighted by Crippen LogP contribution is -2.28. The Hall–Kier alpha value is -2.96. The molecule has 7 heteroatoms. The highest BCUT2D eigenvalue weighted by atomic mass is 16.2. The maximum atomic E-state index is 11.6. The van der Waals surface area contributed by atoms with Crippen LogP contribution in [0.25, 0.3) is 0 Å². The van der Waals surface area contributed by atoms with Gasteiger partial charge in [-0.05, 0) is 29.8 Å². The van der Waals surface area contributed by atoms with E-state index < -0.39 is 5.91 Å². The third kappa shape index (κ3) is 3.77. The highest BCUT2D eigenvalue weighted by molar-refractivity contribution is 5.92. The first-order valence-electron chi connectivity index (χ1n) is 5.85. The van der Waals surface area contributed by atoms with Crippen LogP contribution in [0.15, 0.2) is 42.9 Å². The number of aromatic nitrogens is 2. The first-order chi connectivity index (χ1) is 9.65. The Kier molecular flexibility index (Phi) is 4.23. The second kappa shape index (κ2) is 6.28. The van der Waals surface area contributed by atoms with E-state index in [1.807, 2.05) is 12.1 Å². The summed E-state index contributed by atoms with van der Waals surface area (Å²) in [6.45, 7) is 0.390. The van der Waals surface area contributed by atoms with Gasteiger partial charge in [-0.2, -0.15) is 0 Å². The minimum absolute atomic E-state index is 0.146. The lowest BCUT2D eigenvalue weighted by molar-refractivity contribution is 0.0995. The molecule has 20 heavy (non-hydrogen) atoms. The van der Waals surface area contributed by atoms with Gasteiger partial charge in [0.15, 0.2) is 0 Å². The maximum absolute atomic E-state index is 11.6. The first kappa shape index (κ1) is 13.5. The Morgan fingerprint density at radius 1 is 1.15 bits per heavy atom. The average molecular weight is 271 g/mol. The maximum Gasteiger partial charge on any atom is 0.319 e. The molecule has 0 radical (unpaired) electrons. The van der Waals surface area contributed by atoms with Crippen molar-refractivity contribution in [3.05, 3.63) is 54.1 Å². The van der Waals surface area contributed by atoms with Crippen LogP contribution in [0.1, 0.15) is 16.1 Å².